The lowest BCUT2D eigenvalue weighted by Crippen LogP contribution is -2.48. The van der Waals surface area contributed by atoms with E-state index in [4.69, 9.17) is 16.3 Å². The minimum Gasteiger partial charge on any atom is -0.372 e. The number of rotatable bonds is 1. The molecule has 0 spiro atoms. The molecule has 2 heterocycles. The molecule has 5 nitrogen and oxygen atoms in total. The molecule has 17 heavy (non-hydrogen) atoms. The number of nitrogens with zero attached hydrogens (tertiary/aromatic N) is 3. The fraction of sp³-hybridized carbons (Fsp3) is 0.636. The Balaban J connectivity index is 2.20. The molecular weight excluding hydrogens is 242 g/mol. The van der Waals surface area contributed by atoms with Crippen molar-refractivity contribution >= 4 is 17.5 Å². The first-order valence-electron chi connectivity index (χ1n) is 5.61. The van der Waals surface area contributed by atoms with Crippen LogP contribution in [-0.2, 0) is 11.8 Å². The summed E-state index contributed by atoms with van der Waals surface area (Å²) in [4.78, 5) is 14.1. The number of aromatic nitrogens is 2. The molecule has 2 rings (SSSR count). The molecule has 1 aliphatic heterocycles. The molecule has 1 aromatic rings. The van der Waals surface area contributed by atoms with Gasteiger partial charge in [0, 0.05) is 20.1 Å². The quantitative estimate of drug-likeness (QED) is 0.762. The summed E-state index contributed by atoms with van der Waals surface area (Å²) in [5, 5.41) is 4.37. The molecule has 0 aliphatic carbocycles. The summed E-state index contributed by atoms with van der Waals surface area (Å²) < 4.78 is 7.10. The van der Waals surface area contributed by atoms with Crippen LogP contribution in [0.15, 0.2) is 6.20 Å². The molecule has 2 atom stereocenters. The predicted molar refractivity (Wildman–Crippen MR) is 64.1 cm³/mol. The average molecular weight is 258 g/mol. The number of carbonyl (C=O) groups excluding carboxylic acids is 1. The zero-order chi connectivity index (χ0) is 12.6. The lowest BCUT2D eigenvalue weighted by atomic mass is 10.2. The van der Waals surface area contributed by atoms with Gasteiger partial charge in [-0.1, -0.05) is 11.6 Å². The second-order valence-corrected chi connectivity index (χ2v) is 4.84. The van der Waals surface area contributed by atoms with Crippen molar-refractivity contribution in [3.63, 3.8) is 0 Å². The first-order valence-corrected chi connectivity index (χ1v) is 5.99. The monoisotopic (exact) mass is 257 g/mol. The van der Waals surface area contributed by atoms with Gasteiger partial charge in [-0.3, -0.25) is 9.48 Å². The second-order valence-electron chi connectivity index (χ2n) is 4.43. The largest absolute Gasteiger partial charge is 0.372 e. The highest BCUT2D eigenvalue weighted by Crippen LogP contribution is 2.19. The summed E-state index contributed by atoms with van der Waals surface area (Å²) in [6.45, 7) is 5.09. The number of hydrogen-bond donors (Lipinski definition) is 0. The first-order chi connectivity index (χ1) is 7.99. The lowest BCUT2D eigenvalue weighted by Gasteiger charge is -2.35. The van der Waals surface area contributed by atoms with Crippen LogP contribution >= 0.6 is 11.6 Å². The maximum Gasteiger partial charge on any atom is 0.273 e. The standard InChI is InChI=1S/C11H16ClN3O2/c1-7-5-15(6-8(2)17-7)11(16)10-9(12)4-13-14(10)3/h4,7-8H,5-6H2,1-3H3/t7-,8-/m1/s1. The van der Waals surface area contributed by atoms with Crippen LogP contribution < -0.4 is 0 Å². The molecular formula is C11H16ClN3O2. The molecule has 1 saturated heterocycles. The summed E-state index contributed by atoms with van der Waals surface area (Å²) in [5.74, 6) is -0.0861. The van der Waals surface area contributed by atoms with E-state index >= 15 is 0 Å². The van der Waals surface area contributed by atoms with Gasteiger partial charge in [-0.15, -0.1) is 0 Å². The molecule has 0 aromatic carbocycles. The normalized spacial score (nSPS) is 25.1. The molecule has 1 aromatic heterocycles. The molecule has 0 unspecified atom stereocenters. The van der Waals surface area contributed by atoms with Crippen LogP contribution in [-0.4, -0.2) is 45.9 Å². The topological polar surface area (TPSA) is 47.4 Å². The molecule has 0 N–H and O–H groups in total. The van der Waals surface area contributed by atoms with E-state index in [1.807, 2.05) is 13.8 Å². The minimum atomic E-state index is -0.0861. The van der Waals surface area contributed by atoms with Gasteiger partial charge in [0.15, 0.2) is 0 Å². The van der Waals surface area contributed by atoms with Crippen molar-refractivity contribution in [3.05, 3.63) is 16.9 Å². The van der Waals surface area contributed by atoms with Crippen molar-refractivity contribution < 1.29 is 9.53 Å². The van der Waals surface area contributed by atoms with E-state index < -0.39 is 0 Å². The van der Waals surface area contributed by atoms with E-state index in [0.29, 0.717) is 23.8 Å². The van der Waals surface area contributed by atoms with Gasteiger partial charge >= 0.3 is 0 Å². The summed E-state index contributed by atoms with van der Waals surface area (Å²) >= 11 is 5.97. The van der Waals surface area contributed by atoms with Crippen molar-refractivity contribution in [2.45, 2.75) is 26.1 Å². The van der Waals surface area contributed by atoms with Crippen molar-refractivity contribution in [1.29, 1.82) is 0 Å². The molecule has 6 heteroatoms. The lowest BCUT2D eigenvalue weighted by molar-refractivity contribution is -0.0588. The zero-order valence-electron chi connectivity index (χ0n) is 10.2. The van der Waals surface area contributed by atoms with E-state index in [1.165, 1.54) is 10.9 Å². The third-order valence-electron chi connectivity index (χ3n) is 2.80. The Hall–Kier alpha value is -1.07. The molecule has 94 valence electrons. The van der Waals surface area contributed by atoms with Crippen LogP contribution in [0, 0.1) is 0 Å². The van der Waals surface area contributed by atoms with Crippen molar-refractivity contribution in [2.24, 2.45) is 7.05 Å². The summed E-state index contributed by atoms with van der Waals surface area (Å²) in [5.41, 5.74) is 0.438. The highest BCUT2D eigenvalue weighted by atomic mass is 35.5. The Labute approximate surface area is 105 Å². The van der Waals surface area contributed by atoms with Gasteiger partial charge in [-0.25, -0.2) is 0 Å². The van der Waals surface area contributed by atoms with E-state index in [0.717, 1.165) is 0 Å². The summed E-state index contributed by atoms with van der Waals surface area (Å²) in [6.07, 6.45) is 1.59. The smallest absolute Gasteiger partial charge is 0.273 e. The molecule has 1 amide bonds. The van der Waals surface area contributed by atoms with Crippen LogP contribution in [0.3, 0.4) is 0 Å². The summed E-state index contributed by atoms with van der Waals surface area (Å²) in [7, 11) is 1.71. The number of ether oxygens (including phenoxy) is 1. The Morgan fingerprint density at radius 1 is 1.47 bits per heavy atom. The second kappa shape index (κ2) is 4.66. The molecule has 0 bridgehead atoms. The maximum absolute atomic E-state index is 12.3. The van der Waals surface area contributed by atoms with Crippen molar-refractivity contribution in [1.82, 2.24) is 14.7 Å². The average Bonchev–Trinajstić information content (AvgIpc) is 2.56. The van der Waals surface area contributed by atoms with Crippen molar-refractivity contribution in [2.75, 3.05) is 13.1 Å². The van der Waals surface area contributed by atoms with Crippen LogP contribution in [0.2, 0.25) is 5.02 Å². The SMILES string of the molecule is C[C@@H]1CN(C(=O)c2c(Cl)cnn2C)C[C@@H](C)O1. The van der Waals surface area contributed by atoms with E-state index in [1.54, 1.807) is 11.9 Å². The highest BCUT2D eigenvalue weighted by molar-refractivity contribution is 6.33. The van der Waals surface area contributed by atoms with Crippen LogP contribution in [0.25, 0.3) is 0 Å². The van der Waals surface area contributed by atoms with Gasteiger partial charge in [0.2, 0.25) is 0 Å². The number of halogens is 1. The van der Waals surface area contributed by atoms with Crippen LogP contribution in [0.4, 0.5) is 0 Å². The van der Waals surface area contributed by atoms with Gasteiger partial charge < -0.3 is 9.64 Å². The van der Waals surface area contributed by atoms with Gasteiger partial charge in [-0.2, -0.15) is 5.10 Å². The Kier molecular flexibility index (Phi) is 3.40. The number of aryl methyl sites for hydroxylation is 1. The van der Waals surface area contributed by atoms with E-state index in [2.05, 4.69) is 5.10 Å². The molecule has 1 fully saturated rings. The van der Waals surface area contributed by atoms with E-state index in [9.17, 15) is 4.79 Å². The van der Waals surface area contributed by atoms with E-state index in [-0.39, 0.29) is 18.1 Å². The van der Waals surface area contributed by atoms with Gasteiger partial charge in [0.25, 0.3) is 5.91 Å². The third-order valence-corrected chi connectivity index (χ3v) is 3.08. The van der Waals surface area contributed by atoms with Gasteiger partial charge in [0.05, 0.1) is 23.4 Å². The minimum absolute atomic E-state index is 0.0507. The van der Waals surface area contributed by atoms with Crippen LogP contribution in [0.1, 0.15) is 24.3 Å². The van der Waals surface area contributed by atoms with Crippen molar-refractivity contribution in [3.8, 4) is 0 Å². The number of hydrogen-bond acceptors (Lipinski definition) is 3. The third kappa shape index (κ3) is 2.45. The number of carbonyl (C=O) groups is 1. The van der Waals surface area contributed by atoms with Gasteiger partial charge in [0.1, 0.15) is 5.69 Å². The predicted octanol–water partition coefficient (Wildman–Crippen LogP) is 1.32. The summed E-state index contributed by atoms with van der Waals surface area (Å²) in [6, 6.07) is 0. The Morgan fingerprint density at radius 3 is 2.53 bits per heavy atom. The Morgan fingerprint density at radius 2 is 2.06 bits per heavy atom. The first kappa shape index (κ1) is 12.4. The Bertz CT molecular complexity index is 403. The maximum atomic E-state index is 12.3. The fourth-order valence-electron chi connectivity index (χ4n) is 2.14. The van der Waals surface area contributed by atoms with Gasteiger partial charge in [-0.05, 0) is 13.8 Å². The number of amides is 1. The molecule has 0 radical (unpaired) electrons. The zero-order valence-corrected chi connectivity index (χ0v) is 10.9. The highest BCUT2D eigenvalue weighted by Gasteiger charge is 2.29. The van der Waals surface area contributed by atoms with Crippen LogP contribution in [0.5, 0.6) is 0 Å². The molecule has 1 aliphatic rings. The molecule has 0 saturated carbocycles. The number of morpholine rings is 1. The fourth-order valence-corrected chi connectivity index (χ4v) is 2.39.